The maximum Gasteiger partial charge on any atom is 0.251 e. The van der Waals surface area contributed by atoms with Gasteiger partial charge in [0.1, 0.15) is 5.82 Å². The monoisotopic (exact) mass is 365 g/mol. The van der Waals surface area contributed by atoms with Gasteiger partial charge in [0.15, 0.2) is 0 Å². The Labute approximate surface area is 157 Å². The fraction of sp³-hybridized carbons (Fsp3) is 0.263. The van der Waals surface area contributed by atoms with Gasteiger partial charge >= 0.3 is 0 Å². The third-order valence-corrected chi connectivity index (χ3v) is 4.11. The van der Waals surface area contributed by atoms with E-state index in [2.05, 4.69) is 20.4 Å². The lowest BCUT2D eigenvalue weighted by atomic mass is 10.1. The molecule has 0 saturated carbocycles. The van der Waals surface area contributed by atoms with Crippen molar-refractivity contribution >= 4 is 17.7 Å². The highest BCUT2D eigenvalue weighted by Crippen LogP contribution is 2.20. The van der Waals surface area contributed by atoms with Gasteiger partial charge in [0.25, 0.3) is 5.91 Å². The number of aryl methyl sites for hydroxylation is 2. The van der Waals surface area contributed by atoms with E-state index in [1.165, 1.54) is 0 Å². The summed E-state index contributed by atoms with van der Waals surface area (Å²) in [5, 5.41) is 7.43. The SMILES string of the molecule is Cc1cc(C)n(C[C@@H](C)NC(=O)c2cccc(-c3cc(N)nc(N)n3)c2)n1. The maximum atomic E-state index is 12.6. The lowest BCUT2D eigenvalue weighted by Crippen LogP contribution is -2.36. The molecule has 0 saturated heterocycles. The molecule has 8 nitrogen and oxygen atoms in total. The molecule has 0 unspecified atom stereocenters. The van der Waals surface area contributed by atoms with E-state index >= 15 is 0 Å². The van der Waals surface area contributed by atoms with Gasteiger partial charge in [-0.1, -0.05) is 12.1 Å². The number of aromatic nitrogens is 4. The van der Waals surface area contributed by atoms with Crippen molar-refractivity contribution in [1.29, 1.82) is 0 Å². The Kier molecular flexibility index (Phi) is 5.07. The Hall–Kier alpha value is -3.42. The van der Waals surface area contributed by atoms with Crippen LogP contribution in [0.3, 0.4) is 0 Å². The molecule has 1 amide bonds. The van der Waals surface area contributed by atoms with E-state index in [1.54, 1.807) is 24.3 Å². The van der Waals surface area contributed by atoms with Gasteiger partial charge in [-0.3, -0.25) is 9.48 Å². The molecule has 27 heavy (non-hydrogen) atoms. The molecule has 5 N–H and O–H groups in total. The smallest absolute Gasteiger partial charge is 0.251 e. The number of carbonyl (C=O) groups is 1. The molecule has 0 fully saturated rings. The van der Waals surface area contributed by atoms with Gasteiger partial charge in [0.2, 0.25) is 5.95 Å². The van der Waals surface area contributed by atoms with Gasteiger partial charge in [-0.05, 0) is 39.0 Å². The number of nitrogens with two attached hydrogens (primary N) is 2. The second kappa shape index (κ2) is 7.45. The molecule has 2 heterocycles. The van der Waals surface area contributed by atoms with E-state index in [1.807, 2.05) is 37.6 Å². The Morgan fingerprint density at radius 1 is 1.19 bits per heavy atom. The summed E-state index contributed by atoms with van der Waals surface area (Å²) in [6.07, 6.45) is 0. The van der Waals surface area contributed by atoms with Gasteiger partial charge in [-0.2, -0.15) is 10.1 Å². The van der Waals surface area contributed by atoms with Crippen LogP contribution in [-0.4, -0.2) is 31.7 Å². The highest BCUT2D eigenvalue weighted by molar-refractivity contribution is 5.95. The maximum absolute atomic E-state index is 12.6. The van der Waals surface area contributed by atoms with Gasteiger partial charge in [0.05, 0.1) is 17.9 Å². The van der Waals surface area contributed by atoms with Crippen molar-refractivity contribution < 1.29 is 4.79 Å². The van der Waals surface area contributed by atoms with Crippen molar-refractivity contribution in [3.8, 4) is 11.3 Å². The fourth-order valence-electron chi connectivity index (χ4n) is 2.92. The number of hydrogen-bond donors (Lipinski definition) is 3. The predicted octanol–water partition coefficient (Wildman–Crippen LogP) is 1.94. The Balaban J connectivity index is 1.74. The van der Waals surface area contributed by atoms with Crippen molar-refractivity contribution in [2.45, 2.75) is 33.4 Å². The number of hydrogen-bond acceptors (Lipinski definition) is 6. The zero-order valence-electron chi connectivity index (χ0n) is 15.6. The summed E-state index contributed by atoms with van der Waals surface area (Å²) in [6, 6.07) is 10.7. The van der Waals surface area contributed by atoms with Crippen molar-refractivity contribution in [2.24, 2.45) is 0 Å². The molecule has 3 rings (SSSR count). The minimum absolute atomic E-state index is 0.0792. The normalized spacial score (nSPS) is 12.0. The molecule has 0 aliphatic carbocycles. The third kappa shape index (κ3) is 4.41. The van der Waals surface area contributed by atoms with Crippen LogP contribution in [0.1, 0.15) is 28.7 Å². The standard InChI is InChI=1S/C19H23N7O/c1-11-7-13(3)26(25-11)10-12(2)22-18(27)15-6-4-5-14(8-15)16-9-17(20)24-19(21)23-16/h4-9,12H,10H2,1-3H3,(H,22,27)(H4,20,21,23,24)/t12-/m1/s1. The van der Waals surface area contributed by atoms with E-state index in [0.717, 1.165) is 17.0 Å². The average molecular weight is 365 g/mol. The summed E-state index contributed by atoms with van der Waals surface area (Å²) < 4.78 is 1.89. The molecule has 0 bridgehead atoms. The number of nitrogens with zero attached hydrogens (tertiary/aromatic N) is 4. The molecule has 1 atom stereocenters. The van der Waals surface area contributed by atoms with Crippen LogP contribution in [0.15, 0.2) is 36.4 Å². The quantitative estimate of drug-likeness (QED) is 0.634. The van der Waals surface area contributed by atoms with E-state index in [0.29, 0.717) is 17.8 Å². The molecule has 0 aliphatic rings. The number of anilines is 2. The summed E-state index contributed by atoms with van der Waals surface area (Å²) in [5.41, 5.74) is 15.3. The van der Waals surface area contributed by atoms with Crippen molar-refractivity contribution in [1.82, 2.24) is 25.1 Å². The van der Waals surface area contributed by atoms with E-state index in [4.69, 9.17) is 11.5 Å². The second-order valence-electron chi connectivity index (χ2n) is 6.60. The number of amides is 1. The Morgan fingerprint density at radius 2 is 1.96 bits per heavy atom. The number of carbonyl (C=O) groups excluding carboxylic acids is 1. The third-order valence-electron chi connectivity index (χ3n) is 4.11. The fourth-order valence-corrected chi connectivity index (χ4v) is 2.92. The second-order valence-corrected chi connectivity index (χ2v) is 6.60. The first kappa shape index (κ1) is 18.4. The number of rotatable bonds is 5. The highest BCUT2D eigenvalue weighted by Gasteiger charge is 2.13. The molecule has 3 aromatic rings. The van der Waals surface area contributed by atoms with Crippen molar-refractivity contribution in [3.63, 3.8) is 0 Å². The van der Waals surface area contributed by atoms with Gasteiger partial charge in [-0.25, -0.2) is 4.98 Å². The van der Waals surface area contributed by atoms with Crippen LogP contribution in [0.5, 0.6) is 0 Å². The zero-order chi connectivity index (χ0) is 19.6. The van der Waals surface area contributed by atoms with E-state index in [9.17, 15) is 4.79 Å². The van der Waals surface area contributed by atoms with Crippen LogP contribution >= 0.6 is 0 Å². The molecule has 8 heteroatoms. The van der Waals surface area contributed by atoms with Gasteiger partial charge < -0.3 is 16.8 Å². The molecule has 0 aliphatic heterocycles. The summed E-state index contributed by atoms with van der Waals surface area (Å²) >= 11 is 0. The van der Waals surface area contributed by atoms with E-state index in [-0.39, 0.29) is 23.7 Å². The first-order valence-corrected chi connectivity index (χ1v) is 8.64. The molecular formula is C19H23N7O. The van der Waals surface area contributed by atoms with Gasteiger partial charge in [0, 0.05) is 28.9 Å². The van der Waals surface area contributed by atoms with Crippen molar-refractivity contribution in [3.05, 3.63) is 53.3 Å². The zero-order valence-corrected chi connectivity index (χ0v) is 15.6. The van der Waals surface area contributed by atoms with Gasteiger partial charge in [-0.15, -0.1) is 0 Å². The molecule has 0 spiro atoms. The predicted molar refractivity (Wildman–Crippen MR) is 105 cm³/mol. The number of nitrogen functional groups attached to an aromatic ring is 2. The minimum Gasteiger partial charge on any atom is -0.384 e. The lowest BCUT2D eigenvalue weighted by Gasteiger charge is -2.15. The largest absolute Gasteiger partial charge is 0.384 e. The van der Waals surface area contributed by atoms with E-state index < -0.39 is 0 Å². The highest BCUT2D eigenvalue weighted by atomic mass is 16.1. The van der Waals surface area contributed by atoms with Crippen LogP contribution in [0.4, 0.5) is 11.8 Å². The topological polar surface area (TPSA) is 125 Å². The first-order chi connectivity index (χ1) is 12.8. The molecule has 2 aromatic heterocycles. The van der Waals surface area contributed by atoms with Crippen LogP contribution in [0, 0.1) is 13.8 Å². The Bertz CT molecular complexity index is 960. The summed E-state index contributed by atoms with van der Waals surface area (Å²) in [6.45, 7) is 6.50. The van der Waals surface area contributed by atoms with Crippen molar-refractivity contribution in [2.75, 3.05) is 11.5 Å². The average Bonchev–Trinajstić information content (AvgIpc) is 2.91. The molecule has 0 radical (unpaired) electrons. The summed E-state index contributed by atoms with van der Waals surface area (Å²) in [7, 11) is 0. The van der Waals surface area contributed by atoms with Crippen LogP contribution < -0.4 is 16.8 Å². The summed E-state index contributed by atoms with van der Waals surface area (Å²) in [4.78, 5) is 20.7. The molecule has 1 aromatic carbocycles. The Morgan fingerprint density at radius 3 is 2.63 bits per heavy atom. The number of benzene rings is 1. The number of nitrogens with one attached hydrogen (secondary N) is 1. The molecule has 140 valence electrons. The van der Waals surface area contributed by atoms with Crippen LogP contribution in [0.25, 0.3) is 11.3 Å². The first-order valence-electron chi connectivity index (χ1n) is 8.64. The molecular weight excluding hydrogens is 342 g/mol. The lowest BCUT2D eigenvalue weighted by molar-refractivity contribution is 0.0936. The summed E-state index contributed by atoms with van der Waals surface area (Å²) in [5.74, 6) is 0.213. The minimum atomic E-state index is -0.166. The van der Waals surface area contributed by atoms with Crippen LogP contribution in [0.2, 0.25) is 0 Å². The van der Waals surface area contributed by atoms with Crippen LogP contribution in [-0.2, 0) is 6.54 Å².